The minimum Gasteiger partial charge on any atom is -0.339 e. The van der Waals surface area contributed by atoms with Gasteiger partial charge in [-0.05, 0) is 80.4 Å². The Bertz CT molecular complexity index is 893. The van der Waals surface area contributed by atoms with Gasteiger partial charge < -0.3 is 10.2 Å². The summed E-state index contributed by atoms with van der Waals surface area (Å²) >= 11 is 8.65. The van der Waals surface area contributed by atoms with Crippen LogP contribution in [0.1, 0.15) is 45.5 Å². The number of likely N-dealkylation sites (tertiary alicyclic amines) is 1. The first-order valence-corrected chi connectivity index (χ1v) is 10.4. The molecule has 2 N–H and O–H groups in total. The lowest BCUT2D eigenvalue weighted by atomic mass is 10.1. The molecule has 0 aromatic heterocycles. The zero-order valence-electron chi connectivity index (χ0n) is 15.6. The van der Waals surface area contributed by atoms with E-state index in [-0.39, 0.29) is 16.9 Å². The number of hydrogen-bond donors (Lipinski definition) is 2. The number of rotatable bonds is 3. The van der Waals surface area contributed by atoms with Gasteiger partial charge in [0.2, 0.25) is 0 Å². The first kappa shape index (κ1) is 20.5. The minimum atomic E-state index is -0.282. The van der Waals surface area contributed by atoms with Gasteiger partial charge in [0, 0.05) is 34.4 Å². The Kier molecular flexibility index (Phi) is 6.80. The highest BCUT2D eigenvalue weighted by atomic mass is 79.9. The Morgan fingerprint density at radius 3 is 2.29 bits per heavy atom. The number of aryl methyl sites for hydroxylation is 1. The molecule has 0 spiro atoms. The number of amides is 2. The highest BCUT2D eigenvalue weighted by Gasteiger charge is 2.18. The van der Waals surface area contributed by atoms with E-state index in [0.29, 0.717) is 16.8 Å². The number of hydrogen-bond acceptors (Lipinski definition) is 3. The molecule has 0 saturated carbocycles. The Morgan fingerprint density at radius 2 is 1.64 bits per heavy atom. The molecule has 1 saturated heterocycles. The molecule has 0 radical (unpaired) electrons. The van der Waals surface area contributed by atoms with Crippen LogP contribution < -0.4 is 10.6 Å². The maximum atomic E-state index is 12.5. The summed E-state index contributed by atoms with van der Waals surface area (Å²) in [4.78, 5) is 26.7. The van der Waals surface area contributed by atoms with Gasteiger partial charge in [0.1, 0.15) is 0 Å². The summed E-state index contributed by atoms with van der Waals surface area (Å²) < 4.78 is 0.869. The van der Waals surface area contributed by atoms with Gasteiger partial charge >= 0.3 is 0 Å². The van der Waals surface area contributed by atoms with Gasteiger partial charge in [-0.1, -0.05) is 22.0 Å². The zero-order chi connectivity index (χ0) is 20.1. The van der Waals surface area contributed by atoms with Gasteiger partial charge in [-0.3, -0.25) is 14.9 Å². The Balaban J connectivity index is 1.57. The van der Waals surface area contributed by atoms with E-state index in [0.717, 1.165) is 36.0 Å². The molecule has 0 atom stereocenters. The smallest absolute Gasteiger partial charge is 0.257 e. The average Bonchev–Trinajstić information content (AvgIpc) is 2.70. The molecule has 1 heterocycles. The lowest BCUT2D eigenvalue weighted by molar-refractivity contribution is 0.0724. The molecule has 2 amide bonds. The van der Waals surface area contributed by atoms with Crippen molar-refractivity contribution in [3.8, 4) is 0 Å². The molecule has 146 valence electrons. The second kappa shape index (κ2) is 9.30. The van der Waals surface area contributed by atoms with E-state index in [1.54, 1.807) is 36.4 Å². The second-order valence-electron chi connectivity index (χ2n) is 6.80. The number of halogens is 1. The lowest BCUT2D eigenvalue weighted by Crippen LogP contribution is -2.35. The van der Waals surface area contributed by atoms with Gasteiger partial charge in [0.15, 0.2) is 5.11 Å². The fraction of sp³-hybridized carbons (Fsp3) is 0.286. The quantitative estimate of drug-likeness (QED) is 0.662. The predicted octanol–water partition coefficient (Wildman–Crippen LogP) is 4.51. The predicted molar refractivity (Wildman–Crippen MR) is 119 cm³/mol. The molecule has 0 aliphatic carbocycles. The molecule has 0 unspecified atom stereocenters. The monoisotopic (exact) mass is 459 g/mol. The summed E-state index contributed by atoms with van der Waals surface area (Å²) in [5.41, 5.74) is 2.94. The van der Waals surface area contributed by atoms with Crippen LogP contribution in [0.3, 0.4) is 0 Å². The van der Waals surface area contributed by atoms with E-state index < -0.39 is 0 Å². The summed E-state index contributed by atoms with van der Waals surface area (Å²) in [6.07, 6.45) is 3.32. The highest BCUT2D eigenvalue weighted by Crippen LogP contribution is 2.18. The standard InChI is InChI=1S/C21H22BrN3O2S/c1-14-5-6-16(13-18(14)22)19(26)24-21(28)23-17-9-7-15(8-10-17)20(27)25-11-3-2-4-12-25/h5-10,13H,2-4,11-12H2,1H3,(H2,23,24,26,28). The van der Waals surface area contributed by atoms with Gasteiger partial charge in [-0.2, -0.15) is 0 Å². The van der Waals surface area contributed by atoms with Crippen molar-refractivity contribution >= 4 is 50.8 Å². The number of carbonyl (C=O) groups is 2. The third-order valence-electron chi connectivity index (χ3n) is 4.69. The second-order valence-corrected chi connectivity index (χ2v) is 8.07. The van der Waals surface area contributed by atoms with Crippen molar-refractivity contribution in [2.45, 2.75) is 26.2 Å². The molecule has 3 rings (SSSR count). The van der Waals surface area contributed by atoms with E-state index >= 15 is 0 Å². The fourth-order valence-corrected chi connectivity index (χ4v) is 3.64. The molecular weight excluding hydrogens is 438 g/mol. The number of thiocarbonyl (C=S) groups is 1. The number of carbonyl (C=O) groups excluding carboxylic acids is 2. The molecule has 0 bridgehead atoms. The molecule has 28 heavy (non-hydrogen) atoms. The molecular formula is C21H22BrN3O2S. The summed E-state index contributed by atoms with van der Waals surface area (Å²) in [6.45, 7) is 3.60. The molecule has 1 aliphatic heterocycles. The lowest BCUT2D eigenvalue weighted by Gasteiger charge is -2.26. The summed E-state index contributed by atoms with van der Waals surface area (Å²) in [5, 5.41) is 5.85. The largest absolute Gasteiger partial charge is 0.339 e. The van der Waals surface area contributed by atoms with Crippen LogP contribution in [-0.2, 0) is 0 Å². The van der Waals surface area contributed by atoms with Crippen molar-refractivity contribution in [3.63, 3.8) is 0 Å². The molecule has 2 aromatic carbocycles. The van der Waals surface area contributed by atoms with Crippen LogP contribution in [0.5, 0.6) is 0 Å². The Labute approximate surface area is 178 Å². The van der Waals surface area contributed by atoms with Crippen LogP contribution in [0, 0.1) is 6.92 Å². The average molecular weight is 460 g/mol. The van der Waals surface area contributed by atoms with Gasteiger partial charge in [-0.25, -0.2) is 0 Å². The summed E-state index contributed by atoms with van der Waals surface area (Å²) in [7, 11) is 0. The molecule has 2 aromatic rings. The van der Waals surface area contributed by atoms with Crippen LogP contribution in [-0.4, -0.2) is 34.9 Å². The van der Waals surface area contributed by atoms with Crippen molar-refractivity contribution in [1.82, 2.24) is 10.2 Å². The highest BCUT2D eigenvalue weighted by molar-refractivity contribution is 9.10. The van der Waals surface area contributed by atoms with Crippen molar-refractivity contribution in [3.05, 3.63) is 63.6 Å². The third kappa shape index (κ3) is 5.17. The maximum absolute atomic E-state index is 12.5. The van der Waals surface area contributed by atoms with E-state index in [4.69, 9.17) is 12.2 Å². The third-order valence-corrected chi connectivity index (χ3v) is 5.75. The summed E-state index contributed by atoms with van der Waals surface area (Å²) in [6, 6.07) is 12.5. The van der Waals surface area contributed by atoms with Crippen LogP contribution >= 0.6 is 28.1 Å². The van der Waals surface area contributed by atoms with Gasteiger partial charge in [0.05, 0.1) is 0 Å². The normalized spacial score (nSPS) is 13.7. The number of anilines is 1. The van der Waals surface area contributed by atoms with E-state index in [1.807, 2.05) is 17.9 Å². The van der Waals surface area contributed by atoms with Crippen LogP contribution in [0.4, 0.5) is 5.69 Å². The molecule has 5 nitrogen and oxygen atoms in total. The SMILES string of the molecule is Cc1ccc(C(=O)NC(=S)Nc2ccc(C(=O)N3CCCCC3)cc2)cc1Br. The Hall–Kier alpha value is -2.25. The van der Waals surface area contributed by atoms with E-state index in [2.05, 4.69) is 26.6 Å². The van der Waals surface area contributed by atoms with Gasteiger partial charge in [-0.15, -0.1) is 0 Å². The van der Waals surface area contributed by atoms with Crippen LogP contribution in [0.25, 0.3) is 0 Å². The van der Waals surface area contributed by atoms with Crippen LogP contribution in [0.15, 0.2) is 46.9 Å². The Morgan fingerprint density at radius 1 is 1.00 bits per heavy atom. The number of nitrogens with zero attached hydrogens (tertiary/aromatic N) is 1. The van der Waals surface area contributed by atoms with Crippen molar-refractivity contribution in [1.29, 1.82) is 0 Å². The zero-order valence-corrected chi connectivity index (χ0v) is 18.0. The minimum absolute atomic E-state index is 0.0621. The summed E-state index contributed by atoms with van der Waals surface area (Å²) in [5.74, 6) is -0.220. The van der Waals surface area contributed by atoms with E-state index in [9.17, 15) is 9.59 Å². The molecule has 1 fully saturated rings. The van der Waals surface area contributed by atoms with Crippen molar-refractivity contribution < 1.29 is 9.59 Å². The molecule has 7 heteroatoms. The molecule has 1 aliphatic rings. The number of nitrogens with one attached hydrogen (secondary N) is 2. The topological polar surface area (TPSA) is 61.4 Å². The number of benzene rings is 2. The van der Waals surface area contributed by atoms with Crippen molar-refractivity contribution in [2.75, 3.05) is 18.4 Å². The first-order valence-electron chi connectivity index (χ1n) is 9.22. The van der Waals surface area contributed by atoms with E-state index in [1.165, 1.54) is 6.42 Å². The fourth-order valence-electron chi connectivity index (χ4n) is 3.05. The van der Waals surface area contributed by atoms with Crippen molar-refractivity contribution in [2.24, 2.45) is 0 Å². The first-order chi connectivity index (χ1) is 13.4. The van der Waals surface area contributed by atoms with Gasteiger partial charge in [0.25, 0.3) is 11.8 Å². The number of piperidine rings is 1. The van der Waals surface area contributed by atoms with Crippen LogP contribution in [0.2, 0.25) is 0 Å². The maximum Gasteiger partial charge on any atom is 0.257 e.